The van der Waals surface area contributed by atoms with E-state index in [1.165, 1.54) is 40.7 Å². The molecule has 0 heterocycles. The van der Waals surface area contributed by atoms with Crippen molar-refractivity contribution in [1.82, 2.24) is 0 Å². The van der Waals surface area contributed by atoms with Gasteiger partial charge in [0.15, 0.2) is 23.8 Å². The monoisotopic (exact) mass is 550 g/mol. The summed E-state index contributed by atoms with van der Waals surface area (Å²) in [5.74, 6) is -4.05. The first-order valence-corrected chi connectivity index (χ1v) is 13.1. The molecule has 0 amide bonds. The molecule has 9 heteroatoms. The first-order chi connectivity index (χ1) is 18.6. The van der Waals surface area contributed by atoms with Gasteiger partial charge in [-0.2, -0.15) is 0 Å². The smallest absolute Gasteiger partial charge is 0.338 e. The number of hydrogen-bond donors (Lipinski definition) is 1. The molecule has 1 saturated carbocycles. The zero-order valence-corrected chi connectivity index (χ0v) is 23.5. The van der Waals surface area contributed by atoms with E-state index < -0.39 is 64.4 Å². The highest BCUT2D eigenvalue weighted by Crippen LogP contribution is 2.63. The van der Waals surface area contributed by atoms with E-state index >= 15 is 0 Å². The number of Topliss-reactive ketones (excluding diaryl/α,β-unsaturated/α-hetero) is 1. The van der Waals surface area contributed by atoms with E-state index in [0.29, 0.717) is 0 Å². The maximum absolute atomic E-state index is 13.5. The summed E-state index contributed by atoms with van der Waals surface area (Å²) < 4.78 is 18.0. The Labute approximate surface area is 232 Å². The summed E-state index contributed by atoms with van der Waals surface area (Å²) in [6.45, 7) is 12.6. The zero-order chi connectivity index (χ0) is 29.8. The van der Waals surface area contributed by atoms with Gasteiger partial charge in [-0.15, -0.1) is 0 Å². The predicted molar refractivity (Wildman–Crippen MR) is 143 cm³/mol. The van der Waals surface area contributed by atoms with Crippen LogP contribution in [0.15, 0.2) is 65.8 Å². The molecule has 0 radical (unpaired) electrons. The average molecular weight is 551 g/mol. The Bertz CT molecular complexity index is 1360. The Morgan fingerprint density at radius 1 is 1.00 bits per heavy atom. The number of hydrogen-bond acceptors (Lipinski definition) is 9. The van der Waals surface area contributed by atoms with Crippen LogP contribution in [-0.2, 0) is 33.4 Å². The van der Waals surface area contributed by atoms with Gasteiger partial charge in [0.05, 0.1) is 16.6 Å². The number of carbonyl (C=O) groups excluding carboxylic acids is 5. The van der Waals surface area contributed by atoms with E-state index in [4.69, 9.17) is 14.2 Å². The first kappa shape index (κ1) is 29.1. The lowest BCUT2D eigenvalue weighted by Crippen LogP contribution is -2.58. The molecule has 4 rings (SSSR count). The second-order valence-corrected chi connectivity index (χ2v) is 11.5. The van der Waals surface area contributed by atoms with Crippen molar-refractivity contribution in [3.05, 3.63) is 71.3 Å². The molecule has 1 aromatic carbocycles. The van der Waals surface area contributed by atoms with Crippen molar-refractivity contribution >= 4 is 29.5 Å². The number of ketones is 2. The van der Waals surface area contributed by atoms with Crippen LogP contribution in [0, 0.1) is 16.7 Å². The number of carbonyl (C=O) groups is 5. The van der Waals surface area contributed by atoms with Crippen molar-refractivity contribution in [2.24, 2.45) is 16.7 Å². The number of fused-ring (bicyclic) bond motifs is 2. The Balaban J connectivity index is 2.12. The summed E-state index contributed by atoms with van der Waals surface area (Å²) >= 11 is 0. The number of ether oxygens (including phenoxy) is 3. The van der Waals surface area contributed by atoms with Crippen LogP contribution in [0.3, 0.4) is 0 Å². The molecule has 0 aliphatic heterocycles. The van der Waals surface area contributed by atoms with Crippen molar-refractivity contribution in [3.63, 3.8) is 0 Å². The molecule has 0 aromatic heterocycles. The van der Waals surface area contributed by atoms with Crippen LogP contribution in [0.5, 0.6) is 0 Å². The molecule has 0 saturated heterocycles. The van der Waals surface area contributed by atoms with Gasteiger partial charge in [0.25, 0.3) is 0 Å². The molecule has 6 atom stereocenters. The lowest BCUT2D eigenvalue weighted by atomic mass is 9.57. The number of benzene rings is 1. The maximum Gasteiger partial charge on any atom is 0.338 e. The van der Waals surface area contributed by atoms with Crippen LogP contribution in [0.25, 0.3) is 0 Å². The largest absolute Gasteiger partial charge is 0.461 e. The fourth-order valence-electron chi connectivity index (χ4n) is 6.71. The Hall–Kier alpha value is -3.85. The molecule has 212 valence electrons. The topological polar surface area (TPSA) is 133 Å². The van der Waals surface area contributed by atoms with Gasteiger partial charge in [-0.25, -0.2) is 4.79 Å². The van der Waals surface area contributed by atoms with Gasteiger partial charge in [-0.3, -0.25) is 19.2 Å². The predicted octanol–water partition coefficient (Wildman–Crippen LogP) is 3.45. The minimum atomic E-state index is -1.76. The lowest BCUT2D eigenvalue weighted by Gasteiger charge is -2.51. The summed E-state index contributed by atoms with van der Waals surface area (Å²) in [6, 6.07) is 8.16. The number of rotatable bonds is 5. The summed E-state index contributed by atoms with van der Waals surface area (Å²) in [5, 5.41) is 11.9. The van der Waals surface area contributed by atoms with Crippen molar-refractivity contribution in [2.75, 3.05) is 0 Å². The number of esters is 3. The average Bonchev–Trinajstić information content (AvgIpc) is 3.11. The Kier molecular flexibility index (Phi) is 7.26. The fraction of sp³-hybridized carbons (Fsp3) is 0.452. The fourth-order valence-corrected chi connectivity index (χ4v) is 6.71. The molecule has 40 heavy (non-hydrogen) atoms. The molecular weight excluding hydrogens is 516 g/mol. The second-order valence-electron chi connectivity index (χ2n) is 11.5. The zero-order valence-electron chi connectivity index (χ0n) is 23.5. The van der Waals surface area contributed by atoms with Gasteiger partial charge in [0.1, 0.15) is 6.10 Å². The lowest BCUT2D eigenvalue weighted by molar-refractivity contribution is -0.179. The third-order valence-corrected chi connectivity index (χ3v) is 8.58. The summed E-state index contributed by atoms with van der Waals surface area (Å²) in [5.41, 5.74) is -4.13. The van der Waals surface area contributed by atoms with Gasteiger partial charge >= 0.3 is 17.9 Å². The van der Waals surface area contributed by atoms with Gasteiger partial charge in [0, 0.05) is 37.2 Å². The number of aliphatic hydroxyl groups is 1. The van der Waals surface area contributed by atoms with Crippen LogP contribution in [0.1, 0.15) is 58.3 Å². The highest BCUT2D eigenvalue weighted by molar-refractivity contribution is 6.06. The van der Waals surface area contributed by atoms with E-state index in [2.05, 4.69) is 6.58 Å². The van der Waals surface area contributed by atoms with Crippen molar-refractivity contribution in [2.45, 2.75) is 71.9 Å². The van der Waals surface area contributed by atoms with E-state index in [9.17, 15) is 29.1 Å². The van der Waals surface area contributed by atoms with Crippen molar-refractivity contribution < 1.29 is 43.3 Å². The van der Waals surface area contributed by atoms with Crippen molar-refractivity contribution in [1.29, 1.82) is 0 Å². The quantitative estimate of drug-likeness (QED) is 0.332. The van der Waals surface area contributed by atoms with E-state index in [1.54, 1.807) is 43.3 Å². The van der Waals surface area contributed by atoms with E-state index in [-0.39, 0.29) is 34.5 Å². The Morgan fingerprint density at radius 3 is 2.12 bits per heavy atom. The molecule has 1 N–H and O–H groups in total. The highest BCUT2D eigenvalue weighted by atomic mass is 16.6. The molecule has 3 aliphatic rings. The molecule has 9 nitrogen and oxygen atoms in total. The standard InChI is InChI=1S/C31H34O9/c1-16-21(34)13-14-30(7)24(16)26(38-18(3)32)31(29(5,6)37)15-22(35)17(2)23(31)25(27(30)39-19(4)33)40-28(36)20-11-9-8-10-12-20/h8-14,24-27,37H,1,15H2,2-7H3/t24-,25+,26-,27-,30+,31-/m0/s1. The van der Waals surface area contributed by atoms with E-state index in [0.717, 1.165) is 0 Å². The van der Waals surface area contributed by atoms with Crippen molar-refractivity contribution in [3.8, 4) is 0 Å². The molecule has 1 fully saturated rings. The van der Waals surface area contributed by atoms with Crippen LogP contribution in [-0.4, -0.2) is 58.5 Å². The number of allylic oxidation sites excluding steroid dienone is 2. The van der Waals surface area contributed by atoms with Crippen LogP contribution >= 0.6 is 0 Å². The molecule has 0 bridgehead atoms. The van der Waals surface area contributed by atoms with Gasteiger partial charge in [-0.05, 0) is 50.1 Å². The second kappa shape index (κ2) is 9.96. The molecular formula is C31H34O9. The maximum atomic E-state index is 13.5. The third-order valence-electron chi connectivity index (χ3n) is 8.58. The molecule has 0 spiro atoms. The SMILES string of the molecule is C=C1C(=O)C=C[C@@]2(C)[C@@H](OC(C)=O)[C@H](OC(=O)c3ccccc3)C3=C(C)C(=O)C[C@@]3(C(C)(C)O)[C@@H](OC(C)=O)[C@H]12. The first-order valence-electron chi connectivity index (χ1n) is 13.1. The molecule has 0 unspecified atom stereocenters. The van der Waals surface area contributed by atoms with Crippen LogP contribution in [0.2, 0.25) is 0 Å². The summed E-state index contributed by atoms with van der Waals surface area (Å²) in [4.78, 5) is 65.2. The normalized spacial score (nSPS) is 31.7. The van der Waals surface area contributed by atoms with Crippen LogP contribution in [0.4, 0.5) is 0 Å². The van der Waals surface area contributed by atoms with E-state index in [1.807, 2.05) is 0 Å². The summed E-state index contributed by atoms with van der Waals surface area (Å²) in [7, 11) is 0. The highest BCUT2D eigenvalue weighted by Gasteiger charge is 2.71. The minimum Gasteiger partial charge on any atom is -0.461 e. The van der Waals surface area contributed by atoms with Gasteiger partial charge in [-0.1, -0.05) is 37.8 Å². The summed E-state index contributed by atoms with van der Waals surface area (Å²) in [6.07, 6.45) is -1.47. The third kappa shape index (κ3) is 4.42. The van der Waals surface area contributed by atoms with Crippen LogP contribution < -0.4 is 0 Å². The minimum absolute atomic E-state index is 0.0448. The Morgan fingerprint density at radius 2 is 1.57 bits per heavy atom. The van der Waals surface area contributed by atoms with Gasteiger partial charge in [0.2, 0.25) is 0 Å². The molecule has 1 aromatic rings. The van der Waals surface area contributed by atoms with Gasteiger partial charge < -0.3 is 19.3 Å². The molecule has 3 aliphatic carbocycles.